The van der Waals surface area contributed by atoms with Crippen LogP contribution in [0.15, 0.2) is 10.2 Å². The highest BCUT2D eigenvalue weighted by molar-refractivity contribution is 4.92. The second-order valence-electron chi connectivity index (χ2n) is 3.16. The highest BCUT2D eigenvalue weighted by Gasteiger charge is 2.42. The Hall–Kier alpha value is -1.54. The summed E-state index contributed by atoms with van der Waals surface area (Å²) in [6.07, 6.45) is -6.80. The van der Waals surface area contributed by atoms with Crippen molar-refractivity contribution in [3.05, 3.63) is 20.9 Å². The molecule has 0 aromatic heterocycles. The first-order chi connectivity index (χ1) is 7.61. The first-order valence-corrected chi connectivity index (χ1v) is 4.36. The highest BCUT2D eigenvalue weighted by atomic mass is 16.5. The average molecular weight is 230 g/mol. The van der Waals surface area contributed by atoms with Crippen molar-refractivity contribution in [3.63, 3.8) is 0 Å². The lowest BCUT2D eigenvalue weighted by Gasteiger charge is -2.38. The van der Waals surface area contributed by atoms with Crippen LogP contribution in [-0.2, 0) is 4.74 Å². The van der Waals surface area contributed by atoms with E-state index in [4.69, 9.17) is 15.8 Å². The zero-order valence-electron chi connectivity index (χ0n) is 8.03. The lowest BCUT2D eigenvalue weighted by atomic mass is 9.98. The summed E-state index contributed by atoms with van der Waals surface area (Å²) in [6.45, 7) is -0.237. The minimum atomic E-state index is -1.52. The molecule has 3 N–H and O–H groups in total. The van der Waals surface area contributed by atoms with Crippen molar-refractivity contribution >= 4 is 0 Å². The van der Waals surface area contributed by atoms with Crippen LogP contribution in [0.4, 0.5) is 0 Å². The van der Waals surface area contributed by atoms with E-state index in [2.05, 4.69) is 20.1 Å². The van der Waals surface area contributed by atoms with Gasteiger partial charge in [-0.3, -0.25) is 0 Å². The normalized spacial score (nSPS) is 38.3. The Morgan fingerprint density at radius 3 is 2.31 bits per heavy atom. The third-order valence-corrected chi connectivity index (χ3v) is 2.18. The fraction of sp³-hybridized carbons (Fsp3) is 1.00. The fourth-order valence-electron chi connectivity index (χ4n) is 1.35. The van der Waals surface area contributed by atoms with Gasteiger partial charge in [-0.1, -0.05) is 10.2 Å². The Balaban J connectivity index is 2.79. The second kappa shape index (κ2) is 5.52. The molecule has 10 nitrogen and oxygen atoms in total. The number of aliphatic hydroxyl groups is 3. The van der Waals surface area contributed by atoms with Crippen molar-refractivity contribution < 1.29 is 20.1 Å². The lowest BCUT2D eigenvalue weighted by molar-refractivity contribution is -0.216. The molecular weight excluding hydrogens is 220 g/mol. The third kappa shape index (κ3) is 2.52. The third-order valence-electron chi connectivity index (χ3n) is 2.18. The molecule has 5 atom stereocenters. The van der Waals surface area contributed by atoms with Gasteiger partial charge in [-0.25, -0.2) is 0 Å². The Labute approximate surface area is 89.3 Å². The first-order valence-electron chi connectivity index (χ1n) is 4.36. The number of hydrogen-bond donors (Lipinski definition) is 3. The largest absolute Gasteiger partial charge is 0.388 e. The second-order valence-corrected chi connectivity index (χ2v) is 3.16. The molecular formula is C6H10N6O4. The molecule has 0 spiro atoms. The Kier molecular flexibility index (Phi) is 4.32. The number of ether oxygens (including phenoxy) is 1. The van der Waals surface area contributed by atoms with Gasteiger partial charge in [0.05, 0.1) is 12.6 Å². The predicted octanol–water partition coefficient (Wildman–Crippen LogP) is -0.585. The van der Waals surface area contributed by atoms with Gasteiger partial charge in [0.15, 0.2) is 6.23 Å². The summed E-state index contributed by atoms with van der Waals surface area (Å²) in [7, 11) is 0. The minimum Gasteiger partial charge on any atom is -0.388 e. The van der Waals surface area contributed by atoms with Crippen molar-refractivity contribution in [2.24, 2.45) is 10.2 Å². The number of rotatable bonds is 3. The minimum absolute atomic E-state index is 0.237. The zero-order chi connectivity index (χ0) is 12.1. The predicted molar refractivity (Wildman–Crippen MR) is 49.8 cm³/mol. The molecule has 1 fully saturated rings. The van der Waals surface area contributed by atoms with E-state index in [1.807, 2.05) is 0 Å². The van der Waals surface area contributed by atoms with Crippen LogP contribution in [0.1, 0.15) is 0 Å². The van der Waals surface area contributed by atoms with Crippen LogP contribution in [-0.4, -0.2) is 52.5 Å². The van der Waals surface area contributed by atoms with Crippen molar-refractivity contribution in [3.8, 4) is 0 Å². The van der Waals surface area contributed by atoms with Crippen LogP contribution in [0.5, 0.6) is 0 Å². The van der Waals surface area contributed by atoms with Gasteiger partial charge in [-0.2, -0.15) is 0 Å². The first kappa shape index (κ1) is 12.5. The maximum atomic E-state index is 9.47. The summed E-state index contributed by atoms with van der Waals surface area (Å²) in [5, 5.41) is 34.5. The monoisotopic (exact) mass is 230 g/mol. The van der Waals surface area contributed by atoms with Crippen molar-refractivity contribution in [1.82, 2.24) is 0 Å². The van der Waals surface area contributed by atoms with Gasteiger partial charge in [0, 0.05) is 9.82 Å². The number of azide groups is 2. The summed E-state index contributed by atoms with van der Waals surface area (Å²) in [4.78, 5) is 4.89. The van der Waals surface area contributed by atoms with E-state index < -0.39 is 30.6 Å². The van der Waals surface area contributed by atoms with E-state index >= 15 is 0 Å². The number of nitrogens with zero attached hydrogens (tertiary/aromatic N) is 6. The average Bonchev–Trinajstić information content (AvgIpc) is 2.28. The molecule has 0 amide bonds. The molecule has 0 unspecified atom stereocenters. The topological polar surface area (TPSA) is 167 Å². The van der Waals surface area contributed by atoms with E-state index in [1.54, 1.807) is 0 Å². The maximum Gasteiger partial charge on any atom is 0.165 e. The van der Waals surface area contributed by atoms with Crippen LogP contribution in [0.3, 0.4) is 0 Å². The number of hydrogen-bond acceptors (Lipinski definition) is 6. The molecule has 0 saturated carbocycles. The van der Waals surface area contributed by atoms with Crippen LogP contribution in [0, 0.1) is 0 Å². The smallest absolute Gasteiger partial charge is 0.165 e. The van der Waals surface area contributed by atoms with Gasteiger partial charge >= 0.3 is 0 Å². The summed E-state index contributed by atoms with van der Waals surface area (Å²) >= 11 is 0. The van der Waals surface area contributed by atoms with Crippen molar-refractivity contribution in [2.45, 2.75) is 30.6 Å². The van der Waals surface area contributed by atoms with E-state index in [9.17, 15) is 15.3 Å². The Morgan fingerprint density at radius 2 is 1.75 bits per heavy atom. The standard InChI is InChI=1S/C6H10N6O4/c7-11-9-1-2-3(13)4(14)5(15)6(16-2)10-12-8/h2-6,13-15H,1H2/t2-,3-,4+,5+,6+/m1/s1. The van der Waals surface area contributed by atoms with E-state index in [1.165, 1.54) is 0 Å². The van der Waals surface area contributed by atoms with Gasteiger partial charge in [-0.15, -0.1) is 0 Å². The fourth-order valence-corrected chi connectivity index (χ4v) is 1.35. The molecule has 88 valence electrons. The van der Waals surface area contributed by atoms with E-state index in [0.29, 0.717) is 0 Å². The summed E-state index contributed by atoms with van der Waals surface area (Å²) in [5.41, 5.74) is 16.3. The summed E-state index contributed by atoms with van der Waals surface area (Å²) in [5.74, 6) is 0. The highest BCUT2D eigenvalue weighted by Crippen LogP contribution is 2.22. The molecule has 1 saturated heterocycles. The van der Waals surface area contributed by atoms with Gasteiger partial charge < -0.3 is 20.1 Å². The van der Waals surface area contributed by atoms with Gasteiger partial charge in [-0.05, 0) is 11.1 Å². The Morgan fingerprint density at radius 1 is 1.06 bits per heavy atom. The molecule has 16 heavy (non-hydrogen) atoms. The van der Waals surface area contributed by atoms with Gasteiger partial charge in [0.25, 0.3) is 0 Å². The summed E-state index contributed by atoms with van der Waals surface area (Å²) in [6, 6.07) is 0. The maximum absolute atomic E-state index is 9.47. The van der Waals surface area contributed by atoms with Crippen LogP contribution in [0.2, 0.25) is 0 Å². The molecule has 10 heteroatoms. The van der Waals surface area contributed by atoms with Crippen LogP contribution < -0.4 is 0 Å². The van der Waals surface area contributed by atoms with Crippen molar-refractivity contribution in [1.29, 1.82) is 0 Å². The molecule has 0 aromatic rings. The van der Waals surface area contributed by atoms with Gasteiger partial charge in [0.2, 0.25) is 0 Å². The zero-order valence-corrected chi connectivity index (χ0v) is 8.03. The van der Waals surface area contributed by atoms with E-state index in [0.717, 1.165) is 0 Å². The van der Waals surface area contributed by atoms with Crippen molar-refractivity contribution in [2.75, 3.05) is 6.54 Å². The molecule has 1 heterocycles. The summed E-state index contributed by atoms with van der Waals surface area (Å²) < 4.78 is 4.98. The Bertz CT molecular complexity index is 336. The lowest BCUT2D eigenvalue weighted by Crippen LogP contribution is -2.57. The molecule has 0 aliphatic carbocycles. The van der Waals surface area contributed by atoms with E-state index in [-0.39, 0.29) is 6.54 Å². The molecule has 0 radical (unpaired) electrons. The number of aliphatic hydroxyl groups excluding tert-OH is 3. The SMILES string of the molecule is [N-]=[N+]=NC[C@H]1O[C@H](N=[N+]=[N-])[C@@H](O)[C@@H](O)[C@@H]1O. The molecule has 1 rings (SSSR count). The molecule has 0 bridgehead atoms. The molecule has 1 aliphatic rings. The van der Waals surface area contributed by atoms with Crippen LogP contribution in [0.25, 0.3) is 20.9 Å². The molecule has 0 aromatic carbocycles. The quantitative estimate of drug-likeness (QED) is 0.335. The molecule has 1 aliphatic heterocycles. The van der Waals surface area contributed by atoms with Gasteiger partial charge in [0.1, 0.15) is 18.3 Å². The van der Waals surface area contributed by atoms with Crippen LogP contribution >= 0.6 is 0 Å².